The molecule has 2 N–H and O–H groups in total. The highest BCUT2D eigenvalue weighted by atomic mass is 35.5. The highest BCUT2D eigenvalue weighted by Crippen LogP contribution is 2.25. The Morgan fingerprint density at radius 1 is 0.853 bits per heavy atom. The van der Waals surface area contributed by atoms with E-state index in [0.29, 0.717) is 32.8 Å². The Morgan fingerprint density at radius 3 is 2.35 bits per heavy atom. The number of benzene rings is 2. The zero-order valence-corrected chi connectivity index (χ0v) is 18.3. The van der Waals surface area contributed by atoms with Crippen molar-refractivity contribution in [2.24, 2.45) is 0 Å². The molecule has 0 saturated heterocycles. The van der Waals surface area contributed by atoms with Crippen molar-refractivity contribution in [3.63, 3.8) is 0 Å². The van der Waals surface area contributed by atoms with Gasteiger partial charge in [0.15, 0.2) is 0 Å². The number of rotatable bonds is 3. The maximum Gasteiger partial charge on any atom is 0.276 e. The Kier molecular flexibility index (Phi) is 5.49. The zero-order chi connectivity index (χ0) is 23.7. The summed E-state index contributed by atoms with van der Waals surface area (Å²) in [6, 6.07) is 21.0. The molecule has 0 radical (unpaired) electrons. The molecule has 166 valence electrons. The molecule has 0 atom stereocenters. The summed E-state index contributed by atoms with van der Waals surface area (Å²) in [6.07, 6.45) is 2.70. The summed E-state index contributed by atoms with van der Waals surface area (Å²) < 4.78 is 1.26. The van der Waals surface area contributed by atoms with Crippen molar-refractivity contribution in [2.75, 3.05) is 0 Å². The Bertz CT molecular complexity index is 1630. The lowest BCUT2D eigenvalue weighted by atomic mass is 10.0. The van der Waals surface area contributed by atoms with Gasteiger partial charge in [0.2, 0.25) is 0 Å². The first-order chi connectivity index (χ1) is 16.5. The molecule has 2 aromatic carbocycles. The number of hydrazine groups is 1. The van der Waals surface area contributed by atoms with E-state index < -0.39 is 17.4 Å². The number of carbonyl (C=O) groups excluding carboxylic acids is 2. The molecule has 0 aliphatic carbocycles. The number of amides is 2. The van der Waals surface area contributed by atoms with Crippen LogP contribution in [0.15, 0.2) is 90.0 Å². The van der Waals surface area contributed by atoms with E-state index in [1.165, 1.54) is 16.8 Å². The predicted molar refractivity (Wildman–Crippen MR) is 129 cm³/mol. The highest BCUT2D eigenvalue weighted by molar-refractivity contribution is 6.30. The SMILES string of the molecule is O=C(NNC(=O)c1cc(-c2ccc(Cl)cc2)nc2ccccc12)c1cnc2ccccn2c1=O. The average Bonchev–Trinajstić information content (AvgIpc) is 2.87. The van der Waals surface area contributed by atoms with Crippen molar-refractivity contribution < 1.29 is 9.59 Å². The molecule has 0 bridgehead atoms. The second-order valence-corrected chi connectivity index (χ2v) is 7.83. The quantitative estimate of drug-likeness (QED) is 0.392. The fraction of sp³-hybridized carbons (Fsp3) is 0. The van der Waals surface area contributed by atoms with Crippen LogP contribution < -0.4 is 16.4 Å². The van der Waals surface area contributed by atoms with E-state index in [4.69, 9.17) is 11.6 Å². The summed E-state index contributed by atoms with van der Waals surface area (Å²) in [7, 11) is 0. The van der Waals surface area contributed by atoms with E-state index in [9.17, 15) is 14.4 Å². The van der Waals surface area contributed by atoms with E-state index >= 15 is 0 Å². The molecule has 5 aromatic rings. The lowest BCUT2D eigenvalue weighted by Crippen LogP contribution is -2.43. The molecular weight excluding hydrogens is 454 g/mol. The van der Waals surface area contributed by atoms with E-state index in [1.807, 2.05) is 18.2 Å². The van der Waals surface area contributed by atoms with Gasteiger partial charge in [0.25, 0.3) is 17.4 Å². The molecule has 3 heterocycles. The molecule has 9 heteroatoms. The number of nitrogens with zero attached hydrogens (tertiary/aromatic N) is 3. The van der Waals surface area contributed by atoms with Crippen LogP contribution in [0.5, 0.6) is 0 Å². The van der Waals surface area contributed by atoms with Gasteiger partial charge in [0.05, 0.1) is 16.8 Å². The number of aromatic nitrogens is 3. The summed E-state index contributed by atoms with van der Waals surface area (Å²) in [4.78, 5) is 47.0. The van der Waals surface area contributed by atoms with E-state index in [2.05, 4.69) is 20.8 Å². The standard InChI is InChI=1S/C25H16ClN5O3/c26-16-10-8-15(9-11-16)21-13-18(17-5-1-2-6-20(17)28-21)23(32)29-30-24(33)19-14-27-22-7-3-4-12-31(22)25(19)34/h1-14H,(H,29,32)(H,30,33). The third kappa shape index (κ3) is 3.98. The first-order valence-electron chi connectivity index (χ1n) is 10.2. The number of pyridine rings is 2. The number of hydrogen-bond acceptors (Lipinski definition) is 5. The minimum Gasteiger partial charge on any atom is -0.268 e. The third-order valence-corrected chi connectivity index (χ3v) is 5.50. The first kappa shape index (κ1) is 21.3. The number of carbonyl (C=O) groups is 2. The van der Waals surface area contributed by atoms with E-state index in [0.717, 1.165) is 5.56 Å². The van der Waals surface area contributed by atoms with Gasteiger partial charge in [-0.2, -0.15) is 0 Å². The van der Waals surface area contributed by atoms with Crippen molar-refractivity contribution in [1.82, 2.24) is 25.2 Å². The van der Waals surface area contributed by atoms with E-state index in [1.54, 1.807) is 54.6 Å². The maximum absolute atomic E-state index is 13.1. The first-order valence-corrected chi connectivity index (χ1v) is 10.6. The van der Waals surface area contributed by atoms with Gasteiger partial charge in [-0.25, -0.2) is 9.97 Å². The van der Waals surface area contributed by atoms with Crippen LogP contribution in [0.2, 0.25) is 5.02 Å². The Balaban J connectivity index is 1.44. The fourth-order valence-corrected chi connectivity index (χ4v) is 3.69. The van der Waals surface area contributed by atoms with Crippen molar-refractivity contribution >= 4 is 40.0 Å². The highest BCUT2D eigenvalue weighted by Gasteiger charge is 2.17. The minimum atomic E-state index is -0.777. The Labute approximate surface area is 197 Å². The molecule has 34 heavy (non-hydrogen) atoms. The van der Waals surface area contributed by atoms with Crippen LogP contribution in [0.1, 0.15) is 20.7 Å². The van der Waals surface area contributed by atoms with Crippen LogP contribution in [0, 0.1) is 0 Å². The van der Waals surface area contributed by atoms with Gasteiger partial charge in [-0.3, -0.25) is 29.6 Å². The summed E-state index contributed by atoms with van der Waals surface area (Å²) in [6.45, 7) is 0. The summed E-state index contributed by atoms with van der Waals surface area (Å²) >= 11 is 5.99. The number of halogens is 1. The summed E-state index contributed by atoms with van der Waals surface area (Å²) in [5.74, 6) is -1.34. The van der Waals surface area contributed by atoms with Crippen molar-refractivity contribution in [3.8, 4) is 11.3 Å². The van der Waals surface area contributed by atoms with Crippen LogP contribution in [0.4, 0.5) is 0 Å². The van der Waals surface area contributed by atoms with Gasteiger partial charge in [-0.1, -0.05) is 48.0 Å². The number of fused-ring (bicyclic) bond motifs is 2. The molecular formula is C25H16ClN5O3. The smallest absolute Gasteiger partial charge is 0.268 e. The molecule has 0 fully saturated rings. The van der Waals surface area contributed by atoms with Crippen LogP contribution in [0.25, 0.3) is 27.8 Å². The fourth-order valence-electron chi connectivity index (χ4n) is 3.56. The summed E-state index contributed by atoms with van der Waals surface area (Å²) in [5, 5.41) is 1.20. The van der Waals surface area contributed by atoms with Gasteiger partial charge in [-0.15, -0.1) is 0 Å². The summed E-state index contributed by atoms with van der Waals surface area (Å²) in [5.41, 5.74) is 6.63. The van der Waals surface area contributed by atoms with Gasteiger partial charge < -0.3 is 0 Å². The monoisotopic (exact) mass is 469 g/mol. The molecule has 0 spiro atoms. The molecule has 0 aliphatic heterocycles. The molecule has 0 saturated carbocycles. The molecule has 5 rings (SSSR count). The van der Waals surface area contributed by atoms with Crippen molar-refractivity contribution in [3.05, 3.63) is 112 Å². The van der Waals surface area contributed by atoms with Gasteiger partial charge >= 0.3 is 0 Å². The van der Waals surface area contributed by atoms with Gasteiger partial charge in [-0.05, 0) is 36.4 Å². The molecule has 0 unspecified atom stereocenters. The van der Waals surface area contributed by atoms with E-state index in [-0.39, 0.29) is 5.56 Å². The van der Waals surface area contributed by atoms with Gasteiger partial charge in [0, 0.05) is 28.4 Å². The third-order valence-electron chi connectivity index (χ3n) is 5.25. The zero-order valence-electron chi connectivity index (χ0n) is 17.5. The number of nitrogens with one attached hydrogen (secondary N) is 2. The average molecular weight is 470 g/mol. The predicted octanol–water partition coefficient (Wildman–Crippen LogP) is 3.64. The lowest BCUT2D eigenvalue weighted by molar-refractivity contribution is 0.0846. The minimum absolute atomic E-state index is 0.203. The molecule has 3 aromatic heterocycles. The topological polar surface area (TPSA) is 105 Å². The van der Waals surface area contributed by atoms with Crippen LogP contribution in [0.3, 0.4) is 0 Å². The van der Waals surface area contributed by atoms with Crippen LogP contribution in [-0.4, -0.2) is 26.2 Å². The number of para-hydroxylation sites is 1. The molecule has 2 amide bonds. The Morgan fingerprint density at radius 2 is 1.56 bits per heavy atom. The Hall–Kier alpha value is -4.56. The maximum atomic E-state index is 13.1. The molecule has 8 nitrogen and oxygen atoms in total. The van der Waals surface area contributed by atoms with Crippen LogP contribution in [-0.2, 0) is 0 Å². The van der Waals surface area contributed by atoms with Crippen LogP contribution >= 0.6 is 11.6 Å². The number of hydrogen-bond donors (Lipinski definition) is 2. The second kappa shape index (κ2) is 8.76. The van der Waals surface area contributed by atoms with Gasteiger partial charge in [0.1, 0.15) is 11.2 Å². The normalized spacial score (nSPS) is 10.9. The lowest BCUT2D eigenvalue weighted by Gasteiger charge is -2.11. The largest absolute Gasteiger partial charge is 0.276 e. The van der Waals surface area contributed by atoms with Crippen molar-refractivity contribution in [2.45, 2.75) is 0 Å². The molecule has 0 aliphatic rings. The van der Waals surface area contributed by atoms with Crippen molar-refractivity contribution in [1.29, 1.82) is 0 Å². The second-order valence-electron chi connectivity index (χ2n) is 7.39.